The number of anilines is 2. The van der Waals surface area contributed by atoms with Crippen LogP contribution in [0.1, 0.15) is 74.6 Å². The number of hydrogen-bond acceptors (Lipinski definition) is 8. The van der Waals surface area contributed by atoms with E-state index in [0.717, 1.165) is 37.8 Å². The third-order valence-corrected chi connectivity index (χ3v) is 8.54. The number of nitrogens with one attached hydrogen (secondary N) is 1. The van der Waals surface area contributed by atoms with Gasteiger partial charge in [-0.1, -0.05) is 12.7 Å². The molecule has 3 atom stereocenters. The van der Waals surface area contributed by atoms with Crippen LogP contribution in [0.3, 0.4) is 0 Å². The number of benzene rings is 1. The van der Waals surface area contributed by atoms with Gasteiger partial charge in [-0.2, -0.15) is 0 Å². The molecule has 250 valence electrons. The summed E-state index contributed by atoms with van der Waals surface area (Å²) in [5, 5.41) is 2.90. The van der Waals surface area contributed by atoms with E-state index in [9.17, 15) is 14.4 Å². The lowest BCUT2D eigenvalue weighted by Gasteiger charge is -2.42. The molecule has 12 nitrogen and oxygen atoms in total. The van der Waals surface area contributed by atoms with Crippen LogP contribution in [0.4, 0.5) is 16.2 Å². The van der Waals surface area contributed by atoms with Crippen molar-refractivity contribution in [2.45, 2.75) is 82.8 Å². The number of fused-ring (bicyclic) bond motifs is 2. The van der Waals surface area contributed by atoms with Crippen LogP contribution < -0.4 is 19.7 Å². The molecular formula is C34H46N4O8. The van der Waals surface area contributed by atoms with E-state index in [2.05, 4.69) is 11.9 Å². The second-order valence-electron chi connectivity index (χ2n) is 11.9. The molecule has 0 aliphatic carbocycles. The maximum absolute atomic E-state index is 14.1. The second-order valence-corrected chi connectivity index (χ2v) is 11.9. The number of amides is 3. The van der Waals surface area contributed by atoms with Crippen LogP contribution in [-0.2, 0) is 26.1 Å². The first kappa shape index (κ1) is 33.3. The summed E-state index contributed by atoms with van der Waals surface area (Å²) in [5.74, 6) is 0.553. The molecule has 1 aromatic carbocycles. The molecule has 2 fully saturated rings. The van der Waals surface area contributed by atoms with Gasteiger partial charge in [0.1, 0.15) is 6.61 Å². The highest BCUT2D eigenvalue weighted by molar-refractivity contribution is 6.06. The van der Waals surface area contributed by atoms with E-state index in [4.69, 9.17) is 23.7 Å². The molecule has 4 heterocycles. The Morgan fingerprint density at radius 3 is 2.70 bits per heavy atom. The van der Waals surface area contributed by atoms with Crippen molar-refractivity contribution in [1.82, 2.24) is 9.47 Å². The third kappa shape index (κ3) is 8.03. The molecule has 2 unspecified atom stereocenters. The normalized spacial score (nSPS) is 21.1. The Hall–Kier alpha value is -4.03. The fraction of sp³-hybridized carbons (Fsp3) is 0.559. The molecule has 46 heavy (non-hydrogen) atoms. The smallest absolute Gasteiger partial charge is 0.416 e. The molecular weight excluding hydrogens is 592 g/mol. The first-order valence-electron chi connectivity index (χ1n) is 16.3. The van der Waals surface area contributed by atoms with Crippen molar-refractivity contribution >= 4 is 29.3 Å². The summed E-state index contributed by atoms with van der Waals surface area (Å²) in [6, 6.07) is 4.78. The predicted molar refractivity (Wildman–Crippen MR) is 172 cm³/mol. The standard InChI is InChI=1S/C34H46N4O8/c1-4-18-45-34(41)38-27-22-29(43-19-10-5-6-13-30(39)35-24-15-17-36(2)23-24)28(42-3)21-25(27)32(40)37-16-9-7-12-26(37)33(38)46-31-14-8-11-20-44-31/h4,15,17,21-23,26,31,33H,1,5-14,16,18-20H2,2-3H3,(H,35,39)/t26-,31?,33?/m0/s1. The zero-order valence-electron chi connectivity index (χ0n) is 26.9. The molecule has 2 saturated heterocycles. The maximum Gasteiger partial charge on any atom is 0.416 e. The average Bonchev–Trinajstić information content (AvgIpc) is 3.45. The Labute approximate surface area is 270 Å². The van der Waals surface area contributed by atoms with Crippen LogP contribution >= 0.6 is 0 Å². The topological polar surface area (TPSA) is 121 Å². The number of ether oxygens (including phenoxy) is 5. The predicted octanol–water partition coefficient (Wildman–Crippen LogP) is 5.62. The molecule has 3 aliphatic heterocycles. The Bertz CT molecular complexity index is 1370. The molecule has 0 bridgehead atoms. The van der Waals surface area contributed by atoms with Crippen molar-refractivity contribution < 1.29 is 38.1 Å². The number of piperidine rings is 1. The monoisotopic (exact) mass is 638 g/mol. The summed E-state index contributed by atoms with van der Waals surface area (Å²) >= 11 is 0. The van der Waals surface area contributed by atoms with E-state index in [1.54, 1.807) is 12.1 Å². The van der Waals surface area contributed by atoms with Gasteiger partial charge >= 0.3 is 6.09 Å². The number of unbranched alkanes of at least 4 members (excludes halogenated alkanes) is 2. The summed E-state index contributed by atoms with van der Waals surface area (Å²) < 4.78 is 31.8. The van der Waals surface area contributed by atoms with Crippen molar-refractivity contribution in [2.75, 3.05) is 43.7 Å². The van der Waals surface area contributed by atoms with Gasteiger partial charge in [0.05, 0.1) is 36.7 Å². The fourth-order valence-corrected chi connectivity index (χ4v) is 6.24. The number of carbonyl (C=O) groups excluding carboxylic acids is 3. The quantitative estimate of drug-likeness (QED) is 0.222. The number of aryl methyl sites for hydroxylation is 1. The van der Waals surface area contributed by atoms with Crippen molar-refractivity contribution in [3.63, 3.8) is 0 Å². The maximum atomic E-state index is 14.1. The van der Waals surface area contributed by atoms with Gasteiger partial charge in [-0.15, -0.1) is 0 Å². The van der Waals surface area contributed by atoms with Gasteiger partial charge in [-0.3, -0.25) is 9.59 Å². The van der Waals surface area contributed by atoms with E-state index in [0.29, 0.717) is 74.6 Å². The van der Waals surface area contributed by atoms with Gasteiger partial charge in [0.15, 0.2) is 24.0 Å². The van der Waals surface area contributed by atoms with Crippen molar-refractivity contribution in [2.24, 2.45) is 7.05 Å². The van der Waals surface area contributed by atoms with Gasteiger partial charge in [0, 0.05) is 45.1 Å². The molecule has 2 aromatic rings. The highest BCUT2D eigenvalue weighted by Gasteiger charge is 2.46. The zero-order valence-corrected chi connectivity index (χ0v) is 26.9. The molecule has 12 heteroatoms. The molecule has 0 spiro atoms. The van der Waals surface area contributed by atoms with Crippen LogP contribution in [0.15, 0.2) is 43.2 Å². The molecule has 1 N–H and O–H groups in total. The first-order chi connectivity index (χ1) is 22.4. The summed E-state index contributed by atoms with van der Waals surface area (Å²) in [7, 11) is 3.43. The van der Waals surface area contributed by atoms with Gasteiger partial charge in [-0.05, 0) is 69.9 Å². The van der Waals surface area contributed by atoms with Crippen molar-refractivity contribution in [3.05, 3.63) is 48.8 Å². The number of methoxy groups -OCH3 is 1. The number of carbonyl (C=O) groups is 3. The van der Waals surface area contributed by atoms with Crippen molar-refractivity contribution in [1.29, 1.82) is 0 Å². The Balaban J connectivity index is 1.34. The second kappa shape index (κ2) is 16.0. The lowest BCUT2D eigenvalue weighted by atomic mass is 10.00. The minimum atomic E-state index is -0.825. The van der Waals surface area contributed by atoms with E-state index in [1.165, 1.54) is 18.1 Å². The van der Waals surface area contributed by atoms with Gasteiger partial charge < -0.3 is 38.5 Å². The Kier molecular flexibility index (Phi) is 11.6. The molecule has 5 rings (SSSR count). The SMILES string of the molecule is C=CCOC(=O)N1c2cc(OCCCCCC(=O)Nc3ccn(C)c3)c(OC)cc2C(=O)N2CCCC[C@H]2C1OC1CCCCO1. The molecule has 0 saturated carbocycles. The van der Waals surface area contributed by atoms with Crippen LogP contribution in [0.5, 0.6) is 11.5 Å². The Morgan fingerprint density at radius 2 is 1.96 bits per heavy atom. The zero-order chi connectivity index (χ0) is 32.5. The van der Waals surface area contributed by atoms with E-state index in [1.807, 2.05) is 35.0 Å². The average molecular weight is 639 g/mol. The molecule has 0 radical (unpaired) electrons. The number of rotatable bonds is 13. The highest BCUT2D eigenvalue weighted by Crippen LogP contribution is 2.42. The minimum absolute atomic E-state index is 0.00251. The van der Waals surface area contributed by atoms with Crippen molar-refractivity contribution in [3.8, 4) is 11.5 Å². The lowest BCUT2D eigenvalue weighted by molar-refractivity contribution is -0.198. The van der Waals surface area contributed by atoms with Crippen LogP contribution in [0.2, 0.25) is 0 Å². The summed E-state index contributed by atoms with van der Waals surface area (Å²) in [6.45, 7) is 5.17. The first-order valence-corrected chi connectivity index (χ1v) is 16.3. The van der Waals surface area contributed by atoms with Crippen LogP contribution in [0, 0.1) is 0 Å². The third-order valence-electron chi connectivity index (χ3n) is 8.54. The summed E-state index contributed by atoms with van der Waals surface area (Å²) in [5.41, 5.74) is 1.43. The van der Waals surface area contributed by atoms with E-state index in [-0.39, 0.29) is 24.5 Å². The van der Waals surface area contributed by atoms with Crippen LogP contribution in [-0.4, -0.2) is 79.4 Å². The summed E-state index contributed by atoms with van der Waals surface area (Å²) in [4.78, 5) is 43.4. The highest BCUT2D eigenvalue weighted by atomic mass is 16.7. The number of aromatic nitrogens is 1. The number of hydrogen-bond donors (Lipinski definition) is 1. The molecule has 1 aromatic heterocycles. The van der Waals surface area contributed by atoms with Gasteiger partial charge in [0.25, 0.3) is 5.91 Å². The largest absolute Gasteiger partial charge is 0.493 e. The fourth-order valence-electron chi connectivity index (χ4n) is 6.24. The molecule has 3 aliphatic rings. The summed E-state index contributed by atoms with van der Waals surface area (Å²) in [6.07, 6.45) is 10.9. The van der Waals surface area contributed by atoms with Crippen LogP contribution in [0.25, 0.3) is 0 Å². The minimum Gasteiger partial charge on any atom is -0.493 e. The van der Waals surface area contributed by atoms with Gasteiger partial charge in [0.2, 0.25) is 5.91 Å². The number of nitrogens with zero attached hydrogens (tertiary/aromatic N) is 3. The lowest BCUT2D eigenvalue weighted by Crippen LogP contribution is -2.57. The van der Waals surface area contributed by atoms with E-state index >= 15 is 0 Å². The Morgan fingerprint density at radius 1 is 1.11 bits per heavy atom. The molecule has 3 amide bonds. The van der Waals surface area contributed by atoms with Gasteiger partial charge in [-0.25, -0.2) is 9.69 Å². The van der Waals surface area contributed by atoms with E-state index < -0.39 is 18.6 Å².